The lowest BCUT2D eigenvalue weighted by Gasteiger charge is -2.10. The van der Waals surface area contributed by atoms with Crippen molar-refractivity contribution in [1.82, 2.24) is 0 Å². The van der Waals surface area contributed by atoms with Crippen LogP contribution in [0.25, 0.3) is 0 Å². The summed E-state index contributed by atoms with van der Waals surface area (Å²) in [6.45, 7) is 0. The fraction of sp³-hybridized carbons (Fsp3) is 0.167. The van der Waals surface area contributed by atoms with E-state index in [0.717, 1.165) is 0 Å². The molecule has 3 N–H and O–H groups in total. The minimum Gasteiger partial charge on any atom is -0.398 e. The number of benzene rings is 3. The Balaban J connectivity index is 1.52. The fourth-order valence-corrected chi connectivity index (χ4v) is 5.45. The third-order valence-corrected chi connectivity index (χ3v) is 7.28. The van der Waals surface area contributed by atoms with Crippen molar-refractivity contribution in [3.05, 3.63) is 92.2 Å². The van der Waals surface area contributed by atoms with Crippen molar-refractivity contribution >= 4 is 81.1 Å². The minimum atomic E-state index is -1.35. The number of rotatable bonds is 6. The molecule has 0 heterocycles. The summed E-state index contributed by atoms with van der Waals surface area (Å²) in [5.41, 5.74) is 7.59. The summed E-state index contributed by atoms with van der Waals surface area (Å²) in [4.78, 5) is 25.8. The Bertz CT molecular complexity index is 1290. The first kappa shape index (κ1) is 25.1. The van der Waals surface area contributed by atoms with E-state index in [1.54, 1.807) is 24.3 Å². The second kappa shape index (κ2) is 9.56. The summed E-state index contributed by atoms with van der Waals surface area (Å²) in [6.07, 6.45) is -0.159. The van der Waals surface area contributed by atoms with Gasteiger partial charge in [0.05, 0.1) is 10.9 Å². The molecule has 0 aliphatic heterocycles. The Labute approximate surface area is 220 Å². The van der Waals surface area contributed by atoms with Crippen LogP contribution in [0.5, 0.6) is 0 Å². The van der Waals surface area contributed by atoms with E-state index in [0.29, 0.717) is 26.9 Å². The lowest BCUT2D eigenvalue weighted by molar-refractivity contribution is -0.117. The van der Waals surface area contributed by atoms with Gasteiger partial charge >= 0.3 is 0 Å². The second-order valence-corrected chi connectivity index (χ2v) is 10.7. The standard InChI is InChI=1S/C24H16Cl5FN2O2/c25-13-5-12(6-14(26)9-13)21-22(24(21,28)29)23(34)32-16-2-3-18(27)17(10-16)20(33)8-11-7-15(30)1-4-19(11)31/h1-7,9-10,21-22H,8,31H2,(H,32,34)/t21-,22+/m0/s1. The van der Waals surface area contributed by atoms with E-state index >= 15 is 0 Å². The number of ketones is 1. The van der Waals surface area contributed by atoms with Gasteiger partial charge in [-0.25, -0.2) is 4.39 Å². The van der Waals surface area contributed by atoms with Crippen LogP contribution in [0, 0.1) is 11.7 Å². The molecule has 0 bridgehead atoms. The van der Waals surface area contributed by atoms with Gasteiger partial charge in [0.15, 0.2) is 5.78 Å². The zero-order chi connectivity index (χ0) is 24.8. The molecule has 1 aliphatic rings. The maximum Gasteiger partial charge on any atom is 0.231 e. The first-order valence-corrected chi connectivity index (χ1v) is 11.9. The topological polar surface area (TPSA) is 72.2 Å². The van der Waals surface area contributed by atoms with E-state index in [-0.39, 0.29) is 28.5 Å². The molecule has 1 fully saturated rings. The molecule has 10 heteroatoms. The third kappa shape index (κ3) is 5.14. The Morgan fingerprint density at radius 3 is 2.32 bits per heavy atom. The minimum absolute atomic E-state index is 0.153. The number of carbonyl (C=O) groups excluding carboxylic acids is 2. The van der Waals surface area contributed by atoms with Gasteiger partial charge in [-0.05, 0) is 65.7 Å². The molecule has 0 saturated heterocycles. The average molecular weight is 561 g/mol. The Morgan fingerprint density at radius 2 is 1.65 bits per heavy atom. The van der Waals surface area contributed by atoms with Gasteiger partial charge in [-0.2, -0.15) is 0 Å². The monoisotopic (exact) mass is 558 g/mol. The van der Waals surface area contributed by atoms with Crippen molar-refractivity contribution in [2.45, 2.75) is 16.7 Å². The number of Topliss-reactive ketones (excluding diaryl/α,β-unsaturated/α-hetero) is 1. The van der Waals surface area contributed by atoms with E-state index in [2.05, 4.69) is 5.32 Å². The highest BCUT2D eigenvalue weighted by molar-refractivity contribution is 6.53. The van der Waals surface area contributed by atoms with E-state index in [1.807, 2.05) is 0 Å². The van der Waals surface area contributed by atoms with Crippen LogP contribution in [-0.4, -0.2) is 16.0 Å². The maximum absolute atomic E-state index is 13.6. The smallest absolute Gasteiger partial charge is 0.231 e. The van der Waals surface area contributed by atoms with Gasteiger partial charge in [-0.15, -0.1) is 23.2 Å². The molecule has 0 radical (unpaired) electrons. The number of halogens is 6. The molecular weight excluding hydrogens is 545 g/mol. The van der Waals surface area contributed by atoms with Crippen LogP contribution in [0.4, 0.5) is 15.8 Å². The fourth-order valence-electron chi connectivity index (χ4n) is 3.85. The summed E-state index contributed by atoms with van der Waals surface area (Å²) >= 11 is 31.1. The molecule has 176 valence electrons. The first-order valence-electron chi connectivity index (χ1n) is 9.98. The average Bonchev–Trinajstić information content (AvgIpc) is 3.33. The molecule has 1 aliphatic carbocycles. The number of nitrogens with one attached hydrogen (secondary N) is 1. The van der Waals surface area contributed by atoms with Gasteiger partial charge in [0, 0.05) is 39.3 Å². The summed E-state index contributed by atoms with van der Waals surface area (Å²) in [5.74, 6) is -2.63. The predicted octanol–water partition coefficient (Wildman–Crippen LogP) is 7.32. The number of nitrogens with two attached hydrogens (primary N) is 1. The number of hydrogen-bond donors (Lipinski definition) is 2. The van der Waals surface area contributed by atoms with E-state index in [4.69, 9.17) is 63.7 Å². The lowest BCUT2D eigenvalue weighted by Crippen LogP contribution is -2.17. The molecule has 0 spiro atoms. The van der Waals surface area contributed by atoms with Gasteiger partial charge in [-0.3, -0.25) is 9.59 Å². The van der Waals surface area contributed by atoms with Crippen LogP contribution in [-0.2, 0) is 11.2 Å². The normalized spacial score (nSPS) is 18.4. The number of amides is 1. The molecule has 0 aromatic heterocycles. The molecule has 4 rings (SSSR count). The molecule has 2 atom stereocenters. The summed E-state index contributed by atoms with van der Waals surface area (Å²) in [5, 5.41) is 3.71. The SMILES string of the molecule is Nc1ccc(F)cc1CC(=O)c1cc(NC(=O)[C@H]2[C@H](c3cc(Cl)cc(Cl)c3)C2(Cl)Cl)ccc1Cl. The van der Waals surface area contributed by atoms with Crippen molar-refractivity contribution < 1.29 is 14.0 Å². The van der Waals surface area contributed by atoms with Crippen LogP contribution < -0.4 is 11.1 Å². The second-order valence-electron chi connectivity index (χ2n) is 7.96. The lowest BCUT2D eigenvalue weighted by atomic mass is 10.0. The molecule has 1 saturated carbocycles. The zero-order valence-corrected chi connectivity index (χ0v) is 21.0. The molecule has 4 nitrogen and oxygen atoms in total. The molecule has 0 unspecified atom stereocenters. The molecule has 3 aromatic carbocycles. The highest BCUT2D eigenvalue weighted by Crippen LogP contribution is 2.65. The number of nitrogen functional groups attached to an aromatic ring is 1. The molecule has 3 aromatic rings. The van der Waals surface area contributed by atoms with Gasteiger partial charge in [0.25, 0.3) is 0 Å². The van der Waals surface area contributed by atoms with Crippen LogP contribution in [0.1, 0.15) is 27.4 Å². The first-order chi connectivity index (χ1) is 16.0. The Hall–Kier alpha value is -2.02. The van der Waals surface area contributed by atoms with E-state index in [9.17, 15) is 14.0 Å². The molecule has 34 heavy (non-hydrogen) atoms. The van der Waals surface area contributed by atoms with Crippen LogP contribution in [0.15, 0.2) is 54.6 Å². The maximum atomic E-state index is 13.6. The van der Waals surface area contributed by atoms with Gasteiger partial charge in [0.1, 0.15) is 10.2 Å². The third-order valence-electron chi connectivity index (χ3n) is 5.57. The van der Waals surface area contributed by atoms with Crippen LogP contribution >= 0.6 is 58.0 Å². The largest absolute Gasteiger partial charge is 0.398 e. The van der Waals surface area contributed by atoms with Gasteiger partial charge < -0.3 is 11.1 Å². The highest BCUT2D eigenvalue weighted by Gasteiger charge is 2.67. The number of alkyl halides is 2. The van der Waals surface area contributed by atoms with Gasteiger partial charge in [-0.1, -0.05) is 34.8 Å². The summed E-state index contributed by atoms with van der Waals surface area (Å²) in [6, 6.07) is 13.1. The van der Waals surface area contributed by atoms with E-state index < -0.39 is 27.9 Å². The van der Waals surface area contributed by atoms with Crippen molar-refractivity contribution in [3.63, 3.8) is 0 Å². The highest BCUT2D eigenvalue weighted by atomic mass is 35.5. The zero-order valence-electron chi connectivity index (χ0n) is 17.2. The van der Waals surface area contributed by atoms with Crippen LogP contribution in [0.2, 0.25) is 15.1 Å². The predicted molar refractivity (Wildman–Crippen MR) is 136 cm³/mol. The summed E-state index contributed by atoms with van der Waals surface area (Å²) in [7, 11) is 0. The number of hydrogen-bond acceptors (Lipinski definition) is 3. The van der Waals surface area contributed by atoms with Crippen molar-refractivity contribution in [2.75, 3.05) is 11.1 Å². The molecule has 1 amide bonds. The van der Waals surface area contributed by atoms with Crippen molar-refractivity contribution in [3.8, 4) is 0 Å². The summed E-state index contributed by atoms with van der Waals surface area (Å²) < 4.78 is 12.2. The Morgan fingerprint density at radius 1 is 0.971 bits per heavy atom. The Kier molecular flexibility index (Phi) is 7.05. The van der Waals surface area contributed by atoms with E-state index in [1.165, 1.54) is 30.3 Å². The van der Waals surface area contributed by atoms with Gasteiger partial charge in [0.2, 0.25) is 5.91 Å². The van der Waals surface area contributed by atoms with Crippen molar-refractivity contribution in [1.29, 1.82) is 0 Å². The quantitative estimate of drug-likeness (QED) is 0.189. The van der Waals surface area contributed by atoms with Crippen LogP contribution in [0.3, 0.4) is 0 Å². The number of carbonyl (C=O) groups is 2. The number of anilines is 2. The molecular formula is C24H16Cl5FN2O2. The van der Waals surface area contributed by atoms with Crippen molar-refractivity contribution in [2.24, 2.45) is 5.92 Å².